The molecule has 0 aromatic heterocycles. The van der Waals surface area contributed by atoms with Gasteiger partial charge in [-0.2, -0.15) is 0 Å². The average molecular weight is 406 g/mol. The van der Waals surface area contributed by atoms with Crippen LogP contribution in [-0.2, 0) is 10.0 Å². The first kappa shape index (κ1) is 18.9. The quantitative estimate of drug-likeness (QED) is 0.470. The van der Waals surface area contributed by atoms with Crippen molar-refractivity contribution in [2.45, 2.75) is 11.8 Å². The molecule has 0 fully saturated rings. The maximum Gasteiger partial charge on any atom is 0.270 e. The van der Waals surface area contributed by atoms with Crippen molar-refractivity contribution in [1.29, 1.82) is 0 Å². The Labute approximate surface area is 168 Å². The summed E-state index contributed by atoms with van der Waals surface area (Å²) in [5.41, 5.74) is 3.48. The van der Waals surface area contributed by atoms with E-state index in [0.29, 0.717) is 11.3 Å². The minimum absolute atomic E-state index is 0.0832. The Morgan fingerprint density at radius 2 is 1.66 bits per heavy atom. The molecule has 0 atom stereocenters. The first-order chi connectivity index (χ1) is 13.9. The van der Waals surface area contributed by atoms with Gasteiger partial charge in [0, 0.05) is 17.7 Å². The summed E-state index contributed by atoms with van der Waals surface area (Å²) in [5, 5.41) is 11.3. The van der Waals surface area contributed by atoms with Crippen molar-refractivity contribution in [2.24, 2.45) is 0 Å². The van der Waals surface area contributed by atoms with E-state index in [2.05, 4.69) is 0 Å². The van der Waals surface area contributed by atoms with Gasteiger partial charge in [0.25, 0.3) is 15.7 Å². The highest BCUT2D eigenvalue weighted by molar-refractivity contribution is 7.92. The summed E-state index contributed by atoms with van der Waals surface area (Å²) in [6, 6.07) is 20.4. The number of anilines is 1. The number of fused-ring (bicyclic) bond motifs is 1. The van der Waals surface area contributed by atoms with Crippen LogP contribution in [0.1, 0.15) is 16.7 Å². The van der Waals surface area contributed by atoms with Gasteiger partial charge in [0.1, 0.15) is 0 Å². The number of hydrogen-bond acceptors (Lipinski definition) is 4. The standard InChI is InChI=1S/C22H18N2O4S/c1-16-7-10-19(11-8-16)29(27,28)23-14-13-20(17-5-3-2-4-6-17)21-15-18(24(25)26)9-12-22(21)23/h2-13,15H,14H2,1H3. The van der Waals surface area contributed by atoms with Gasteiger partial charge in [-0.1, -0.05) is 54.1 Å². The summed E-state index contributed by atoms with van der Waals surface area (Å²) >= 11 is 0. The van der Waals surface area contributed by atoms with E-state index in [0.717, 1.165) is 16.7 Å². The van der Waals surface area contributed by atoms with Crippen LogP contribution in [0.5, 0.6) is 0 Å². The van der Waals surface area contributed by atoms with Gasteiger partial charge in [-0.15, -0.1) is 0 Å². The topological polar surface area (TPSA) is 80.5 Å². The highest BCUT2D eigenvalue weighted by Gasteiger charge is 2.31. The molecule has 3 aromatic carbocycles. The minimum atomic E-state index is -3.81. The van der Waals surface area contributed by atoms with Crippen LogP contribution in [-0.4, -0.2) is 19.9 Å². The molecule has 0 unspecified atom stereocenters. The molecule has 0 saturated heterocycles. The number of sulfonamides is 1. The van der Waals surface area contributed by atoms with Gasteiger partial charge < -0.3 is 0 Å². The molecule has 0 radical (unpaired) electrons. The molecule has 1 aliphatic heterocycles. The number of nitro benzene ring substituents is 1. The average Bonchev–Trinajstić information content (AvgIpc) is 2.73. The van der Waals surface area contributed by atoms with E-state index in [1.807, 2.05) is 37.3 Å². The van der Waals surface area contributed by atoms with Crippen LogP contribution < -0.4 is 4.31 Å². The largest absolute Gasteiger partial charge is 0.270 e. The van der Waals surface area contributed by atoms with E-state index < -0.39 is 14.9 Å². The van der Waals surface area contributed by atoms with E-state index >= 15 is 0 Å². The fourth-order valence-electron chi connectivity index (χ4n) is 3.41. The van der Waals surface area contributed by atoms with Crippen molar-refractivity contribution < 1.29 is 13.3 Å². The number of non-ortho nitro benzene ring substituents is 1. The van der Waals surface area contributed by atoms with E-state index in [4.69, 9.17) is 0 Å². The van der Waals surface area contributed by atoms with Gasteiger partial charge in [-0.25, -0.2) is 8.42 Å². The zero-order valence-electron chi connectivity index (χ0n) is 15.6. The molecule has 29 heavy (non-hydrogen) atoms. The highest BCUT2D eigenvalue weighted by atomic mass is 32.2. The van der Waals surface area contributed by atoms with E-state index in [-0.39, 0.29) is 17.1 Å². The van der Waals surface area contributed by atoms with E-state index in [1.165, 1.54) is 22.5 Å². The molecule has 1 aliphatic rings. The van der Waals surface area contributed by atoms with Gasteiger partial charge in [0.15, 0.2) is 0 Å². The number of nitro groups is 1. The van der Waals surface area contributed by atoms with E-state index in [9.17, 15) is 18.5 Å². The Kier molecular flexibility index (Phi) is 4.68. The molecule has 3 aromatic rings. The molecular weight excluding hydrogens is 388 g/mol. The minimum Gasteiger partial charge on any atom is -0.262 e. The molecule has 4 rings (SSSR count). The van der Waals surface area contributed by atoms with Crippen molar-refractivity contribution >= 4 is 27.0 Å². The monoisotopic (exact) mass is 406 g/mol. The lowest BCUT2D eigenvalue weighted by molar-refractivity contribution is -0.384. The zero-order valence-corrected chi connectivity index (χ0v) is 16.5. The highest BCUT2D eigenvalue weighted by Crippen LogP contribution is 2.39. The Hall–Kier alpha value is -3.45. The van der Waals surface area contributed by atoms with Crippen LogP contribution in [0.2, 0.25) is 0 Å². The van der Waals surface area contributed by atoms with Crippen LogP contribution in [0, 0.1) is 17.0 Å². The van der Waals surface area contributed by atoms with Gasteiger partial charge in [-0.3, -0.25) is 14.4 Å². The van der Waals surface area contributed by atoms with Crippen LogP contribution in [0.25, 0.3) is 5.57 Å². The molecule has 7 heteroatoms. The summed E-state index contributed by atoms with van der Waals surface area (Å²) in [6.07, 6.45) is 1.80. The molecule has 6 nitrogen and oxygen atoms in total. The van der Waals surface area contributed by atoms with Crippen LogP contribution >= 0.6 is 0 Å². The maximum atomic E-state index is 13.3. The third-order valence-electron chi connectivity index (χ3n) is 4.90. The molecule has 0 aliphatic carbocycles. The van der Waals surface area contributed by atoms with Crippen molar-refractivity contribution in [2.75, 3.05) is 10.8 Å². The molecule has 146 valence electrons. The summed E-state index contributed by atoms with van der Waals surface area (Å²) in [4.78, 5) is 11.0. The number of hydrogen-bond donors (Lipinski definition) is 0. The molecule has 0 spiro atoms. The van der Waals surface area contributed by atoms with Crippen molar-refractivity contribution in [1.82, 2.24) is 0 Å². The lowest BCUT2D eigenvalue weighted by atomic mass is 9.93. The lowest BCUT2D eigenvalue weighted by Gasteiger charge is -2.30. The second-order valence-corrected chi connectivity index (χ2v) is 8.65. The molecule has 0 N–H and O–H groups in total. The van der Waals surface area contributed by atoms with E-state index in [1.54, 1.807) is 30.3 Å². The predicted octanol–water partition coefficient (Wildman–Crippen LogP) is 4.54. The Morgan fingerprint density at radius 3 is 2.31 bits per heavy atom. The van der Waals surface area contributed by atoms with Crippen molar-refractivity contribution in [3.8, 4) is 0 Å². The third kappa shape index (κ3) is 3.40. The summed E-state index contributed by atoms with van der Waals surface area (Å²) in [5.74, 6) is 0. The zero-order chi connectivity index (χ0) is 20.6. The second-order valence-electron chi connectivity index (χ2n) is 6.79. The fourth-order valence-corrected chi connectivity index (χ4v) is 4.83. The number of rotatable bonds is 4. The Morgan fingerprint density at radius 1 is 0.966 bits per heavy atom. The fraction of sp³-hybridized carbons (Fsp3) is 0.0909. The third-order valence-corrected chi connectivity index (χ3v) is 6.70. The molecule has 1 heterocycles. The second kappa shape index (κ2) is 7.18. The summed E-state index contributed by atoms with van der Waals surface area (Å²) in [6.45, 7) is 2.03. The lowest BCUT2D eigenvalue weighted by Crippen LogP contribution is -2.34. The number of nitrogens with zero attached hydrogens (tertiary/aromatic N) is 2. The molecule has 0 bridgehead atoms. The number of aryl methyl sites for hydroxylation is 1. The summed E-state index contributed by atoms with van der Waals surface area (Å²) < 4.78 is 27.9. The van der Waals surface area contributed by atoms with Gasteiger partial charge in [0.2, 0.25) is 0 Å². The number of benzene rings is 3. The van der Waals surface area contributed by atoms with Gasteiger partial charge in [0.05, 0.1) is 22.1 Å². The van der Waals surface area contributed by atoms with Gasteiger partial charge >= 0.3 is 0 Å². The van der Waals surface area contributed by atoms with Crippen molar-refractivity contribution in [3.05, 3.63) is 106 Å². The predicted molar refractivity (Wildman–Crippen MR) is 112 cm³/mol. The smallest absolute Gasteiger partial charge is 0.262 e. The normalized spacial score (nSPS) is 13.6. The Bertz CT molecular complexity index is 1220. The molecule has 0 amide bonds. The SMILES string of the molecule is Cc1ccc(S(=O)(=O)N2CC=C(c3ccccc3)c3cc([N+](=O)[O-])ccc32)cc1. The maximum absolute atomic E-state index is 13.3. The first-order valence-electron chi connectivity index (χ1n) is 9.02. The van der Waals surface area contributed by atoms with Gasteiger partial charge in [-0.05, 0) is 36.3 Å². The van der Waals surface area contributed by atoms with Crippen molar-refractivity contribution in [3.63, 3.8) is 0 Å². The molecular formula is C22H18N2O4S. The first-order valence-corrected chi connectivity index (χ1v) is 10.5. The van der Waals surface area contributed by atoms with Crippen LogP contribution in [0.4, 0.5) is 11.4 Å². The van der Waals surface area contributed by atoms with Crippen LogP contribution in [0.3, 0.4) is 0 Å². The molecule has 0 saturated carbocycles. The van der Waals surface area contributed by atoms with Crippen LogP contribution in [0.15, 0.2) is 83.8 Å². The summed E-state index contributed by atoms with van der Waals surface area (Å²) in [7, 11) is -3.81. The Balaban J connectivity index is 1.88.